The zero-order chi connectivity index (χ0) is 23.8. The van der Waals surface area contributed by atoms with Crippen LogP contribution in [0, 0.1) is 0 Å². The first kappa shape index (κ1) is 23.1. The lowest BCUT2D eigenvalue weighted by molar-refractivity contribution is 0.0949. The molecule has 0 unspecified atom stereocenters. The summed E-state index contributed by atoms with van der Waals surface area (Å²) in [5, 5.41) is 2.99. The third-order valence-corrected chi connectivity index (χ3v) is 5.57. The number of imidazole rings is 1. The average molecular weight is 456 g/mol. The first-order valence-electron chi connectivity index (χ1n) is 11.4. The molecule has 6 heteroatoms. The van der Waals surface area contributed by atoms with Crippen molar-refractivity contribution in [3.05, 3.63) is 102 Å². The van der Waals surface area contributed by atoms with Crippen LogP contribution in [0.5, 0.6) is 11.5 Å². The first-order chi connectivity index (χ1) is 16.7. The topological polar surface area (TPSA) is 65.4 Å². The smallest absolute Gasteiger partial charge is 0.251 e. The average Bonchev–Trinajstić information content (AvgIpc) is 3.23. The maximum Gasteiger partial charge on any atom is 0.251 e. The maximum atomic E-state index is 12.5. The van der Waals surface area contributed by atoms with E-state index in [4.69, 9.17) is 14.5 Å². The van der Waals surface area contributed by atoms with Crippen molar-refractivity contribution in [2.24, 2.45) is 0 Å². The van der Waals surface area contributed by atoms with Gasteiger partial charge in [0.2, 0.25) is 0 Å². The lowest BCUT2D eigenvalue weighted by Gasteiger charge is -2.13. The quantitative estimate of drug-likeness (QED) is 0.250. The molecular weight excluding hydrogens is 426 g/mol. The van der Waals surface area contributed by atoms with Crippen LogP contribution in [0.2, 0.25) is 0 Å². The molecule has 0 spiro atoms. The molecule has 4 aromatic rings. The van der Waals surface area contributed by atoms with E-state index in [1.54, 1.807) is 19.2 Å². The number of carbonyl (C=O) groups excluding carboxylic acids is 1. The molecule has 0 aliphatic heterocycles. The molecule has 1 N–H and O–H groups in total. The van der Waals surface area contributed by atoms with Crippen molar-refractivity contribution in [2.75, 3.05) is 13.7 Å². The molecule has 0 saturated heterocycles. The predicted molar refractivity (Wildman–Crippen MR) is 134 cm³/mol. The molecule has 1 amide bonds. The number of allylic oxidation sites excluding steroid dienone is 1. The second-order valence-corrected chi connectivity index (χ2v) is 7.90. The maximum absolute atomic E-state index is 12.5. The van der Waals surface area contributed by atoms with E-state index >= 15 is 0 Å². The zero-order valence-electron chi connectivity index (χ0n) is 19.4. The molecule has 6 nitrogen and oxygen atoms in total. The molecular formula is C28H29N3O3. The molecule has 0 atom stereocenters. The van der Waals surface area contributed by atoms with Crippen molar-refractivity contribution in [2.45, 2.75) is 25.9 Å². The molecule has 0 aliphatic carbocycles. The molecule has 174 valence electrons. The van der Waals surface area contributed by atoms with Gasteiger partial charge in [0.15, 0.2) is 11.5 Å². The molecule has 34 heavy (non-hydrogen) atoms. The third kappa shape index (κ3) is 5.46. The number of carbonyl (C=O) groups is 1. The second-order valence-electron chi connectivity index (χ2n) is 7.90. The van der Waals surface area contributed by atoms with Crippen LogP contribution in [-0.2, 0) is 19.5 Å². The highest BCUT2D eigenvalue weighted by atomic mass is 16.5. The van der Waals surface area contributed by atoms with Crippen molar-refractivity contribution in [3.63, 3.8) is 0 Å². The lowest BCUT2D eigenvalue weighted by atomic mass is 10.1. The van der Waals surface area contributed by atoms with E-state index < -0.39 is 0 Å². The highest BCUT2D eigenvalue weighted by Crippen LogP contribution is 2.28. The van der Waals surface area contributed by atoms with Crippen molar-refractivity contribution < 1.29 is 14.3 Å². The van der Waals surface area contributed by atoms with Gasteiger partial charge in [-0.1, -0.05) is 42.5 Å². The number of nitrogens with zero attached hydrogens (tertiary/aromatic N) is 2. The summed E-state index contributed by atoms with van der Waals surface area (Å²) in [5.74, 6) is 2.14. The Morgan fingerprint density at radius 3 is 2.65 bits per heavy atom. The number of ether oxygens (including phenoxy) is 2. The highest BCUT2D eigenvalue weighted by Gasteiger charge is 2.13. The van der Waals surface area contributed by atoms with Crippen molar-refractivity contribution in [1.29, 1.82) is 0 Å². The van der Waals surface area contributed by atoms with Gasteiger partial charge in [-0.05, 0) is 54.8 Å². The standard InChI is InChI=1S/C28H29N3O3/c1-3-10-21-15-16-25(26(19-21)33-2)34-18-9-17-31-24-14-8-7-13-23(24)30-27(31)20-29-28(32)22-11-5-4-6-12-22/h3-8,11-16,19H,1,9-10,17-18,20H2,2H3,(H,29,32). The number of methoxy groups -OCH3 is 1. The summed E-state index contributed by atoms with van der Waals surface area (Å²) in [6.45, 7) is 5.38. The number of fused-ring (bicyclic) bond motifs is 1. The predicted octanol–water partition coefficient (Wildman–Crippen LogP) is 5.17. The van der Waals surface area contributed by atoms with Gasteiger partial charge in [-0.3, -0.25) is 4.79 Å². The number of aryl methyl sites for hydroxylation is 1. The van der Waals surface area contributed by atoms with Crippen LogP contribution in [0.25, 0.3) is 11.0 Å². The summed E-state index contributed by atoms with van der Waals surface area (Å²) < 4.78 is 13.6. The van der Waals surface area contributed by atoms with Gasteiger partial charge in [0.25, 0.3) is 5.91 Å². The number of para-hydroxylation sites is 2. The Balaban J connectivity index is 1.41. The first-order valence-corrected chi connectivity index (χ1v) is 11.4. The fourth-order valence-corrected chi connectivity index (χ4v) is 3.89. The summed E-state index contributed by atoms with van der Waals surface area (Å²) in [5.41, 5.74) is 3.71. The molecule has 1 heterocycles. The van der Waals surface area contributed by atoms with Gasteiger partial charge in [-0.2, -0.15) is 0 Å². The Kier molecular flexibility index (Phi) is 7.60. The summed E-state index contributed by atoms with van der Waals surface area (Å²) in [6, 6.07) is 23.1. The van der Waals surface area contributed by atoms with Gasteiger partial charge in [-0.15, -0.1) is 6.58 Å². The largest absolute Gasteiger partial charge is 0.493 e. The number of nitrogens with one attached hydrogen (secondary N) is 1. The van der Waals surface area contributed by atoms with E-state index in [2.05, 4.69) is 16.5 Å². The number of amides is 1. The van der Waals surface area contributed by atoms with Gasteiger partial charge in [0.05, 0.1) is 31.3 Å². The number of hydrogen-bond acceptors (Lipinski definition) is 4. The fourth-order valence-electron chi connectivity index (χ4n) is 3.89. The SMILES string of the molecule is C=CCc1ccc(OCCCn2c(CNC(=O)c3ccccc3)nc3ccccc32)c(OC)c1. The summed E-state index contributed by atoms with van der Waals surface area (Å²) >= 11 is 0. The van der Waals surface area contributed by atoms with E-state index in [-0.39, 0.29) is 5.91 Å². The fraction of sp³-hybridized carbons (Fsp3) is 0.214. The van der Waals surface area contributed by atoms with Crippen LogP contribution in [0.3, 0.4) is 0 Å². The molecule has 0 aliphatic rings. The van der Waals surface area contributed by atoms with E-state index in [1.165, 1.54) is 0 Å². The molecule has 1 aromatic heterocycles. The summed E-state index contributed by atoms with van der Waals surface area (Å²) in [4.78, 5) is 17.3. The Bertz CT molecular complexity index is 1260. The zero-order valence-corrected chi connectivity index (χ0v) is 19.4. The molecule has 0 saturated carbocycles. The Morgan fingerprint density at radius 2 is 1.85 bits per heavy atom. The van der Waals surface area contributed by atoms with Crippen LogP contribution >= 0.6 is 0 Å². The van der Waals surface area contributed by atoms with Crippen LogP contribution in [0.4, 0.5) is 0 Å². The minimum Gasteiger partial charge on any atom is -0.493 e. The van der Waals surface area contributed by atoms with Crippen LogP contribution in [0.1, 0.15) is 28.2 Å². The summed E-state index contributed by atoms with van der Waals surface area (Å²) in [7, 11) is 1.65. The minimum absolute atomic E-state index is 0.116. The Morgan fingerprint density at radius 1 is 1.06 bits per heavy atom. The number of aromatic nitrogens is 2. The Hall–Kier alpha value is -4.06. The van der Waals surface area contributed by atoms with E-state index in [0.717, 1.165) is 46.8 Å². The summed E-state index contributed by atoms with van der Waals surface area (Å²) in [6.07, 6.45) is 3.43. The molecule has 3 aromatic carbocycles. The molecule has 0 fully saturated rings. The monoisotopic (exact) mass is 455 g/mol. The van der Waals surface area contributed by atoms with Crippen LogP contribution < -0.4 is 14.8 Å². The van der Waals surface area contributed by atoms with Crippen LogP contribution in [0.15, 0.2) is 85.5 Å². The number of hydrogen-bond donors (Lipinski definition) is 1. The molecule has 0 radical (unpaired) electrons. The number of benzene rings is 3. The van der Waals surface area contributed by atoms with Gasteiger partial charge in [0.1, 0.15) is 5.82 Å². The molecule has 4 rings (SSSR count). The minimum atomic E-state index is -0.116. The van der Waals surface area contributed by atoms with E-state index in [0.29, 0.717) is 25.3 Å². The third-order valence-electron chi connectivity index (χ3n) is 5.57. The Labute approximate surface area is 199 Å². The van der Waals surface area contributed by atoms with Crippen molar-refractivity contribution in [3.8, 4) is 11.5 Å². The highest BCUT2D eigenvalue weighted by molar-refractivity contribution is 5.94. The van der Waals surface area contributed by atoms with Crippen molar-refractivity contribution >= 4 is 16.9 Å². The van der Waals surface area contributed by atoms with E-state index in [1.807, 2.05) is 66.7 Å². The van der Waals surface area contributed by atoms with Crippen LogP contribution in [-0.4, -0.2) is 29.2 Å². The van der Waals surface area contributed by atoms with Gasteiger partial charge >= 0.3 is 0 Å². The van der Waals surface area contributed by atoms with Crippen molar-refractivity contribution in [1.82, 2.24) is 14.9 Å². The molecule has 0 bridgehead atoms. The van der Waals surface area contributed by atoms with Gasteiger partial charge in [-0.25, -0.2) is 4.98 Å². The number of rotatable bonds is 11. The van der Waals surface area contributed by atoms with Gasteiger partial charge in [0, 0.05) is 12.1 Å². The lowest BCUT2D eigenvalue weighted by Crippen LogP contribution is -2.24. The van der Waals surface area contributed by atoms with E-state index in [9.17, 15) is 4.79 Å². The van der Waals surface area contributed by atoms with Gasteiger partial charge < -0.3 is 19.4 Å². The second kappa shape index (κ2) is 11.2. The normalized spacial score (nSPS) is 10.7.